The summed E-state index contributed by atoms with van der Waals surface area (Å²) in [7, 11) is 3.52. The molecule has 0 N–H and O–H groups in total. The molecule has 0 fully saturated rings. The van der Waals surface area contributed by atoms with Gasteiger partial charge in [-0.05, 0) is 46.5 Å². The molecule has 0 unspecified atom stereocenters. The first-order valence-electron chi connectivity index (χ1n) is 9.75. The third-order valence-electron chi connectivity index (χ3n) is 4.42. The molecule has 0 aliphatic heterocycles. The van der Waals surface area contributed by atoms with Gasteiger partial charge in [-0.2, -0.15) is 0 Å². The zero-order chi connectivity index (χ0) is 21.9. The van der Waals surface area contributed by atoms with Gasteiger partial charge in [0.15, 0.2) is 0 Å². The van der Waals surface area contributed by atoms with E-state index < -0.39 is 0 Å². The first kappa shape index (κ1) is 25.6. The van der Waals surface area contributed by atoms with Crippen LogP contribution in [-0.4, -0.2) is 72.7 Å². The molecule has 0 saturated heterocycles. The highest BCUT2D eigenvalue weighted by atomic mass is 16.2. The van der Waals surface area contributed by atoms with Crippen molar-refractivity contribution in [3.05, 3.63) is 36.5 Å². The summed E-state index contributed by atoms with van der Waals surface area (Å²) in [5, 5.41) is 0. The molecule has 0 saturated carbocycles. The van der Waals surface area contributed by atoms with Crippen molar-refractivity contribution in [2.24, 2.45) is 0 Å². The molecule has 0 atom stereocenters. The predicted molar refractivity (Wildman–Crippen MR) is 115 cm³/mol. The van der Waals surface area contributed by atoms with Gasteiger partial charge in [-0.1, -0.05) is 19.7 Å². The van der Waals surface area contributed by atoms with Crippen LogP contribution in [0.3, 0.4) is 0 Å². The van der Waals surface area contributed by atoms with E-state index in [1.54, 1.807) is 49.6 Å². The van der Waals surface area contributed by atoms with Crippen molar-refractivity contribution in [2.75, 3.05) is 40.3 Å². The molecule has 28 heavy (non-hydrogen) atoms. The van der Waals surface area contributed by atoms with Crippen LogP contribution >= 0.6 is 0 Å². The maximum Gasteiger partial charge on any atom is 0.248 e. The van der Waals surface area contributed by atoms with Crippen LogP contribution in [0.5, 0.6) is 0 Å². The Hall–Kier alpha value is -2.37. The Bertz CT molecular complexity index is 610. The zero-order valence-electron chi connectivity index (χ0n) is 18.3. The SMILES string of the molecule is C=C(C)C(=O)N(C)CCCCCN(CCCN(C)C(=O)C(=C)C)C(=O)C(=C)C. The lowest BCUT2D eigenvalue weighted by Gasteiger charge is -2.25. The molecule has 158 valence electrons. The Morgan fingerprint density at radius 2 is 0.929 bits per heavy atom. The topological polar surface area (TPSA) is 60.9 Å². The second-order valence-corrected chi connectivity index (χ2v) is 7.50. The number of likely N-dealkylation sites (N-methyl/N-ethyl adjacent to an activating group) is 2. The summed E-state index contributed by atoms with van der Waals surface area (Å²) in [6.07, 6.45) is 3.35. The molecular weight excluding hydrogens is 354 g/mol. The summed E-state index contributed by atoms with van der Waals surface area (Å²) in [5.74, 6) is -0.165. The van der Waals surface area contributed by atoms with E-state index in [1.165, 1.54) is 0 Å². The van der Waals surface area contributed by atoms with Crippen molar-refractivity contribution in [1.29, 1.82) is 0 Å². The minimum absolute atomic E-state index is 0.0347. The van der Waals surface area contributed by atoms with Gasteiger partial charge >= 0.3 is 0 Å². The Kier molecular flexibility index (Phi) is 11.8. The van der Waals surface area contributed by atoms with Gasteiger partial charge in [-0.3, -0.25) is 14.4 Å². The van der Waals surface area contributed by atoms with Gasteiger partial charge in [-0.25, -0.2) is 0 Å². The Balaban J connectivity index is 4.40. The van der Waals surface area contributed by atoms with Crippen LogP contribution in [0.2, 0.25) is 0 Å². The highest BCUT2D eigenvalue weighted by Gasteiger charge is 2.15. The van der Waals surface area contributed by atoms with Crippen LogP contribution in [-0.2, 0) is 14.4 Å². The van der Waals surface area contributed by atoms with Crippen LogP contribution in [0, 0.1) is 0 Å². The van der Waals surface area contributed by atoms with Gasteiger partial charge in [0.25, 0.3) is 0 Å². The number of nitrogens with zero attached hydrogens (tertiary/aromatic N) is 3. The molecule has 6 nitrogen and oxygen atoms in total. The Morgan fingerprint density at radius 1 is 0.571 bits per heavy atom. The molecule has 0 aliphatic rings. The highest BCUT2D eigenvalue weighted by molar-refractivity contribution is 5.93. The van der Waals surface area contributed by atoms with E-state index in [-0.39, 0.29) is 17.7 Å². The number of amides is 3. The molecule has 0 spiro atoms. The molecule has 0 heterocycles. The fourth-order valence-corrected chi connectivity index (χ4v) is 2.77. The van der Waals surface area contributed by atoms with Crippen molar-refractivity contribution >= 4 is 17.7 Å². The lowest BCUT2D eigenvalue weighted by molar-refractivity contribution is -0.127. The normalized spacial score (nSPS) is 10.2. The predicted octanol–water partition coefficient (Wildman–Crippen LogP) is 3.02. The van der Waals surface area contributed by atoms with Crippen LogP contribution in [0.1, 0.15) is 46.5 Å². The highest BCUT2D eigenvalue weighted by Crippen LogP contribution is 2.07. The Morgan fingerprint density at radius 3 is 1.36 bits per heavy atom. The van der Waals surface area contributed by atoms with E-state index in [2.05, 4.69) is 19.7 Å². The molecule has 6 heteroatoms. The third-order valence-corrected chi connectivity index (χ3v) is 4.42. The molecule has 3 amide bonds. The molecule has 0 bridgehead atoms. The van der Waals surface area contributed by atoms with Crippen molar-refractivity contribution < 1.29 is 14.4 Å². The van der Waals surface area contributed by atoms with E-state index in [1.807, 2.05) is 0 Å². The van der Waals surface area contributed by atoms with Crippen LogP contribution in [0.4, 0.5) is 0 Å². The molecule has 0 radical (unpaired) electrons. The standard InChI is InChI=1S/C22H37N3O3/c1-17(2)20(26)23(7)13-10-9-11-15-25(22(28)19(5)6)16-12-14-24(8)21(27)18(3)4/h1,3,5,9-16H2,2,4,6-8H3. The summed E-state index contributed by atoms with van der Waals surface area (Å²) in [4.78, 5) is 41.1. The quantitative estimate of drug-likeness (QED) is 0.358. The zero-order valence-corrected chi connectivity index (χ0v) is 18.3. The largest absolute Gasteiger partial charge is 0.342 e. The lowest BCUT2D eigenvalue weighted by Crippen LogP contribution is -2.36. The maximum absolute atomic E-state index is 12.4. The van der Waals surface area contributed by atoms with Gasteiger partial charge < -0.3 is 14.7 Å². The average molecular weight is 392 g/mol. The van der Waals surface area contributed by atoms with Crippen molar-refractivity contribution in [3.63, 3.8) is 0 Å². The monoisotopic (exact) mass is 391 g/mol. The number of carbonyl (C=O) groups excluding carboxylic acids is 3. The summed E-state index contributed by atoms with van der Waals surface area (Å²) >= 11 is 0. The van der Waals surface area contributed by atoms with E-state index in [0.717, 1.165) is 19.3 Å². The minimum Gasteiger partial charge on any atom is -0.342 e. The van der Waals surface area contributed by atoms with Crippen LogP contribution in [0.15, 0.2) is 36.5 Å². The second kappa shape index (κ2) is 12.9. The average Bonchev–Trinajstić information content (AvgIpc) is 2.63. The molecule has 0 aromatic heterocycles. The van der Waals surface area contributed by atoms with E-state index in [9.17, 15) is 14.4 Å². The first-order valence-corrected chi connectivity index (χ1v) is 9.75. The van der Waals surface area contributed by atoms with E-state index in [0.29, 0.717) is 49.3 Å². The van der Waals surface area contributed by atoms with Gasteiger partial charge in [0.2, 0.25) is 17.7 Å². The van der Waals surface area contributed by atoms with Gasteiger partial charge in [0, 0.05) is 57.0 Å². The van der Waals surface area contributed by atoms with Crippen molar-refractivity contribution in [3.8, 4) is 0 Å². The maximum atomic E-state index is 12.4. The smallest absolute Gasteiger partial charge is 0.248 e. The third kappa shape index (κ3) is 9.53. The second-order valence-electron chi connectivity index (χ2n) is 7.50. The molecule has 0 aromatic carbocycles. The van der Waals surface area contributed by atoms with Crippen molar-refractivity contribution in [2.45, 2.75) is 46.5 Å². The minimum atomic E-state index is -0.0776. The van der Waals surface area contributed by atoms with E-state index >= 15 is 0 Å². The molecule has 0 rings (SSSR count). The number of hydrogen-bond donors (Lipinski definition) is 0. The van der Waals surface area contributed by atoms with Gasteiger partial charge in [-0.15, -0.1) is 0 Å². The van der Waals surface area contributed by atoms with Crippen LogP contribution < -0.4 is 0 Å². The summed E-state index contributed by atoms with van der Waals surface area (Å²) < 4.78 is 0. The van der Waals surface area contributed by atoms with E-state index in [4.69, 9.17) is 0 Å². The lowest BCUT2D eigenvalue weighted by atomic mass is 10.2. The number of rotatable bonds is 13. The molecular formula is C22H37N3O3. The first-order chi connectivity index (χ1) is 13.0. The number of hydrogen-bond acceptors (Lipinski definition) is 3. The fraction of sp³-hybridized carbons (Fsp3) is 0.591. The molecule has 0 aliphatic carbocycles. The molecule has 0 aromatic rings. The number of carbonyl (C=O) groups is 3. The van der Waals surface area contributed by atoms with Crippen LogP contribution in [0.25, 0.3) is 0 Å². The summed E-state index contributed by atoms with van der Waals surface area (Å²) in [5.41, 5.74) is 1.56. The van der Waals surface area contributed by atoms with Gasteiger partial charge in [0.05, 0.1) is 0 Å². The fourth-order valence-electron chi connectivity index (χ4n) is 2.77. The number of unbranched alkanes of at least 4 members (excludes halogenated alkanes) is 2. The Labute approximate surface area is 170 Å². The summed E-state index contributed by atoms with van der Waals surface area (Å²) in [6, 6.07) is 0. The van der Waals surface area contributed by atoms with Gasteiger partial charge in [0.1, 0.15) is 0 Å². The summed E-state index contributed by atoms with van der Waals surface area (Å²) in [6.45, 7) is 18.7. The van der Waals surface area contributed by atoms with Crippen molar-refractivity contribution in [1.82, 2.24) is 14.7 Å².